The summed E-state index contributed by atoms with van der Waals surface area (Å²) in [6, 6.07) is 40.0. The third kappa shape index (κ3) is 7.02. The average molecular weight is 616 g/mol. The molecule has 1 atom stereocenters. The Morgan fingerprint density at radius 1 is 0.778 bits per heavy atom. The van der Waals surface area contributed by atoms with Gasteiger partial charge >= 0.3 is 0 Å². The van der Waals surface area contributed by atoms with Gasteiger partial charge in [-0.2, -0.15) is 0 Å². The minimum Gasteiger partial charge on any atom is -0.339 e. The molecule has 4 aromatic carbocycles. The average Bonchev–Trinajstić information content (AvgIpc) is 3.52. The Kier molecular flexibility index (Phi) is 9.71. The first-order chi connectivity index (χ1) is 22.1. The summed E-state index contributed by atoms with van der Waals surface area (Å²) in [4.78, 5) is 31.1. The quantitative estimate of drug-likeness (QED) is 0.129. The van der Waals surface area contributed by atoms with Crippen LogP contribution in [0.15, 0.2) is 126 Å². The van der Waals surface area contributed by atoms with Gasteiger partial charge in [0.2, 0.25) is 11.8 Å². The van der Waals surface area contributed by atoms with Crippen molar-refractivity contribution in [2.75, 3.05) is 25.4 Å². The number of amides is 2. The second kappa shape index (κ2) is 14.4. The van der Waals surface area contributed by atoms with Crippen LogP contribution < -0.4 is 0 Å². The van der Waals surface area contributed by atoms with Gasteiger partial charge in [0.1, 0.15) is 0 Å². The molecule has 0 aliphatic carbocycles. The molecule has 1 aromatic heterocycles. The molecule has 6 rings (SSSR count). The summed E-state index contributed by atoms with van der Waals surface area (Å²) in [5.41, 5.74) is 3.97. The van der Waals surface area contributed by atoms with Gasteiger partial charge in [-0.3, -0.25) is 14.2 Å². The van der Waals surface area contributed by atoms with E-state index in [1.807, 2.05) is 126 Å². The maximum Gasteiger partial charge on any atom is 0.234 e. The summed E-state index contributed by atoms with van der Waals surface area (Å²) in [7, 11) is 0. The Morgan fingerprint density at radius 2 is 1.36 bits per heavy atom. The molecule has 1 saturated heterocycles. The van der Waals surface area contributed by atoms with E-state index in [4.69, 9.17) is 0 Å². The summed E-state index contributed by atoms with van der Waals surface area (Å²) in [5.74, 6) is 1.39. The molecule has 1 fully saturated rings. The molecule has 8 heteroatoms. The number of nitrogens with zero attached hydrogens (tertiary/aromatic N) is 5. The number of rotatable bonds is 10. The standard InChI is InChI=1S/C37H37N5O2S/c1-28-27-40(24-25-41(28)36(44)34(29-15-6-2-7-16-29)30-17-8-3-9-18-30)33(43)23-14-26-45-37-39-38-35(31-19-10-4-11-20-31)42(37)32-21-12-5-13-22-32/h2-13,15-22,28,34H,14,23-27H2,1H3. The summed E-state index contributed by atoms with van der Waals surface area (Å²) in [5, 5.41) is 9.83. The van der Waals surface area contributed by atoms with Crippen LogP contribution in [0.3, 0.4) is 0 Å². The number of carbonyl (C=O) groups is 2. The van der Waals surface area contributed by atoms with Crippen LogP contribution in [0.2, 0.25) is 0 Å². The first-order valence-corrected chi connectivity index (χ1v) is 16.5. The number of benzene rings is 4. The van der Waals surface area contributed by atoms with E-state index in [1.54, 1.807) is 11.8 Å². The third-order valence-corrected chi connectivity index (χ3v) is 9.24. The Hall–Kier alpha value is -4.69. The van der Waals surface area contributed by atoms with Crippen LogP contribution in [0.25, 0.3) is 17.1 Å². The fourth-order valence-electron chi connectivity index (χ4n) is 5.94. The van der Waals surface area contributed by atoms with E-state index < -0.39 is 0 Å². The molecule has 0 radical (unpaired) electrons. The zero-order valence-electron chi connectivity index (χ0n) is 25.4. The largest absolute Gasteiger partial charge is 0.339 e. The lowest BCUT2D eigenvalue weighted by Gasteiger charge is -2.41. The molecule has 2 heterocycles. The molecule has 5 aromatic rings. The second-order valence-electron chi connectivity index (χ2n) is 11.3. The van der Waals surface area contributed by atoms with Gasteiger partial charge in [0.25, 0.3) is 0 Å². The van der Waals surface area contributed by atoms with Crippen molar-refractivity contribution in [2.45, 2.75) is 36.9 Å². The van der Waals surface area contributed by atoms with Crippen LogP contribution in [0.5, 0.6) is 0 Å². The van der Waals surface area contributed by atoms with Crippen LogP contribution in [-0.4, -0.2) is 67.8 Å². The van der Waals surface area contributed by atoms with Crippen molar-refractivity contribution in [3.8, 4) is 17.1 Å². The number of para-hydroxylation sites is 1. The van der Waals surface area contributed by atoms with Gasteiger partial charge in [0.15, 0.2) is 11.0 Å². The van der Waals surface area contributed by atoms with E-state index in [9.17, 15) is 9.59 Å². The van der Waals surface area contributed by atoms with Gasteiger partial charge in [-0.05, 0) is 36.6 Å². The van der Waals surface area contributed by atoms with Crippen molar-refractivity contribution in [1.29, 1.82) is 0 Å². The summed E-state index contributed by atoms with van der Waals surface area (Å²) in [6.45, 7) is 3.65. The lowest BCUT2D eigenvalue weighted by atomic mass is 9.89. The van der Waals surface area contributed by atoms with Crippen LogP contribution >= 0.6 is 11.8 Å². The van der Waals surface area contributed by atoms with Gasteiger partial charge in [0, 0.05) is 49.1 Å². The third-order valence-electron chi connectivity index (χ3n) is 8.22. The molecular weight excluding hydrogens is 579 g/mol. The van der Waals surface area contributed by atoms with Crippen molar-refractivity contribution >= 4 is 23.6 Å². The summed E-state index contributed by atoms with van der Waals surface area (Å²) < 4.78 is 2.08. The van der Waals surface area contributed by atoms with Crippen LogP contribution in [0.1, 0.15) is 36.8 Å². The number of thioether (sulfide) groups is 1. The van der Waals surface area contributed by atoms with E-state index in [-0.39, 0.29) is 23.8 Å². The molecule has 1 unspecified atom stereocenters. The highest BCUT2D eigenvalue weighted by Crippen LogP contribution is 2.30. The van der Waals surface area contributed by atoms with Crippen molar-refractivity contribution in [2.24, 2.45) is 0 Å². The highest BCUT2D eigenvalue weighted by atomic mass is 32.2. The number of hydrogen-bond donors (Lipinski definition) is 0. The van der Waals surface area contributed by atoms with Crippen LogP contribution in [0.4, 0.5) is 0 Å². The maximum atomic E-state index is 14.0. The van der Waals surface area contributed by atoms with Crippen molar-refractivity contribution < 1.29 is 9.59 Å². The topological polar surface area (TPSA) is 71.3 Å². The van der Waals surface area contributed by atoms with E-state index in [2.05, 4.69) is 26.9 Å². The van der Waals surface area contributed by atoms with Gasteiger partial charge in [-0.1, -0.05) is 121 Å². The fraction of sp³-hybridized carbons (Fsp3) is 0.243. The molecule has 0 saturated carbocycles. The van der Waals surface area contributed by atoms with Gasteiger partial charge < -0.3 is 9.80 Å². The minimum absolute atomic E-state index is 0.0691. The first kappa shape index (κ1) is 30.3. The smallest absolute Gasteiger partial charge is 0.234 e. The number of carbonyl (C=O) groups excluding carboxylic acids is 2. The summed E-state index contributed by atoms with van der Waals surface area (Å²) >= 11 is 1.62. The van der Waals surface area contributed by atoms with Crippen molar-refractivity contribution in [1.82, 2.24) is 24.6 Å². The molecule has 7 nitrogen and oxygen atoms in total. The molecular formula is C37H37N5O2S. The predicted molar refractivity (Wildman–Crippen MR) is 179 cm³/mol. The zero-order valence-corrected chi connectivity index (χ0v) is 26.2. The van der Waals surface area contributed by atoms with Gasteiger partial charge in [-0.25, -0.2) is 0 Å². The number of hydrogen-bond acceptors (Lipinski definition) is 5. The van der Waals surface area contributed by atoms with E-state index in [0.717, 1.165) is 45.5 Å². The Labute approximate surface area is 268 Å². The lowest BCUT2D eigenvalue weighted by Crippen LogP contribution is -2.56. The molecule has 2 amide bonds. The lowest BCUT2D eigenvalue weighted by molar-refractivity contribution is -0.142. The van der Waals surface area contributed by atoms with E-state index in [1.165, 1.54) is 0 Å². The number of aromatic nitrogens is 3. The van der Waals surface area contributed by atoms with Gasteiger partial charge in [-0.15, -0.1) is 10.2 Å². The van der Waals surface area contributed by atoms with Crippen molar-refractivity contribution in [3.05, 3.63) is 132 Å². The Bertz CT molecular complexity index is 1660. The van der Waals surface area contributed by atoms with Crippen LogP contribution in [0, 0.1) is 0 Å². The van der Waals surface area contributed by atoms with Crippen LogP contribution in [-0.2, 0) is 9.59 Å². The Morgan fingerprint density at radius 3 is 1.96 bits per heavy atom. The Balaban J connectivity index is 1.06. The number of piperazine rings is 1. The summed E-state index contributed by atoms with van der Waals surface area (Å²) in [6.07, 6.45) is 1.18. The minimum atomic E-state index is -0.366. The van der Waals surface area contributed by atoms with Gasteiger partial charge in [0.05, 0.1) is 5.92 Å². The molecule has 1 aliphatic rings. The normalized spacial score (nSPS) is 14.9. The molecule has 0 N–H and O–H groups in total. The molecule has 1 aliphatic heterocycles. The monoisotopic (exact) mass is 615 g/mol. The van der Waals surface area contributed by atoms with E-state index in [0.29, 0.717) is 26.1 Å². The zero-order chi connectivity index (χ0) is 31.0. The predicted octanol–water partition coefficient (Wildman–Crippen LogP) is 6.70. The fourth-order valence-corrected chi connectivity index (χ4v) is 6.83. The maximum absolute atomic E-state index is 14.0. The highest BCUT2D eigenvalue weighted by molar-refractivity contribution is 7.99. The highest BCUT2D eigenvalue weighted by Gasteiger charge is 2.34. The van der Waals surface area contributed by atoms with E-state index >= 15 is 0 Å². The molecule has 0 bridgehead atoms. The van der Waals surface area contributed by atoms with Crippen molar-refractivity contribution in [3.63, 3.8) is 0 Å². The molecule has 45 heavy (non-hydrogen) atoms. The molecule has 228 valence electrons. The first-order valence-electron chi connectivity index (χ1n) is 15.5. The SMILES string of the molecule is CC1CN(C(=O)CCCSc2nnc(-c3ccccc3)n2-c2ccccc2)CCN1C(=O)C(c1ccccc1)c1ccccc1. The molecule has 0 spiro atoms. The second-order valence-corrected chi connectivity index (χ2v) is 12.3.